The molecule has 0 heterocycles. The lowest BCUT2D eigenvalue weighted by molar-refractivity contribution is 0.455. The first-order valence-electron chi connectivity index (χ1n) is 4.43. The van der Waals surface area contributed by atoms with Gasteiger partial charge in [-0.3, -0.25) is 0 Å². The van der Waals surface area contributed by atoms with E-state index in [0.29, 0.717) is 11.7 Å². The highest BCUT2D eigenvalue weighted by Gasteiger charge is 2.31. The molecule has 13 heavy (non-hydrogen) atoms. The first kappa shape index (κ1) is 9.03. The topological polar surface area (TPSA) is 46.2 Å². The first-order valence-corrected chi connectivity index (χ1v) is 5.22. The molecule has 3 N–H and O–H groups in total. The summed E-state index contributed by atoms with van der Waals surface area (Å²) in [5.74, 6) is 0.860. The Labute approximate surface area is 85.9 Å². The molecule has 1 aliphatic rings. The van der Waals surface area contributed by atoms with Gasteiger partial charge in [0, 0.05) is 16.1 Å². The molecule has 0 radical (unpaired) electrons. The Balaban J connectivity index is 2.36. The lowest BCUT2D eigenvalue weighted by Gasteiger charge is -2.14. The first-order chi connectivity index (χ1) is 6.20. The molecule has 1 aliphatic carbocycles. The largest absolute Gasteiger partial charge is 0.508 e. The minimum Gasteiger partial charge on any atom is -0.508 e. The minimum atomic E-state index is -0.0180. The van der Waals surface area contributed by atoms with Gasteiger partial charge in [0.2, 0.25) is 0 Å². The smallest absolute Gasteiger partial charge is 0.121 e. The average Bonchev–Trinajstić information content (AvgIpc) is 2.85. The normalized spacial score (nSPS) is 18.6. The standard InChI is InChI=1S/C10H12BrNO/c11-7-2-1-3-8(13)9(7)10(12)6-4-5-6/h1-3,6,10,13H,4-5,12H2/t10-/m1/s1. The van der Waals surface area contributed by atoms with Gasteiger partial charge in [0.05, 0.1) is 0 Å². The van der Waals surface area contributed by atoms with Crippen LogP contribution in [0.3, 0.4) is 0 Å². The monoisotopic (exact) mass is 241 g/mol. The molecular formula is C10H12BrNO. The van der Waals surface area contributed by atoms with E-state index in [1.807, 2.05) is 12.1 Å². The Hall–Kier alpha value is -0.540. The molecule has 1 aromatic carbocycles. The van der Waals surface area contributed by atoms with Gasteiger partial charge in [0.25, 0.3) is 0 Å². The number of halogens is 1. The molecule has 70 valence electrons. The second-order valence-corrected chi connectivity index (χ2v) is 4.39. The van der Waals surface area contributed by atoms with Gasteiger partial charge in [0.1, 0.15) is 5.75 Å². The van der Waals surface area contributed by atoms with E-state index in [1.54, 1.807) is 6.07 Å². The molecule has 2 nitrogen and oxygen atoms in total. The van der Waals surface area contributed by atoms with E-state index in [4.69, 9.17) is 5.73 Å². The van der Waals surface area contributed by atoms with Crippen molar-refractivity contribution in [3.63, 3.8) is 0 Å². The van der Waals surface area contributed by atoms with E-state index in [-0.39, 0.29) is 6.04 Å². The molecule has 1 saturated carbocycles. The molecule has 0 bridgehead atoms. The van der Waals surface area contributed by atoms with Crippen LogP contribution in [0.15, 0.2) is 22.7 Å². The van der Waals surface area contributed by atoms with Gasteiger partial charge in [0.15, 0.2) is 0 Å². The number of benzene rings is 1. The van der Waals surface area contributed by atoms with E-state index < -0.39 is 0 Å². The van der Waals surface area contributed by atoms with Crippen molar-refractivity contribution in [1.29, 1.82) is 0 Å². The number of hydrogen-bond acceptors (Lipinski definition) is 2. The highest BCUT2D eigenvalue weighted by Crippen LogP contribution is 2.44. The van der Waals surface area contributed by atoms with Crippen LogP contribution in [0.2, 0.25) is 0 Å². The maximum atomic E-state index is 9.63. The minimum absolute atomic E-state index is 0.0180. The number of nitrogens with two attached hydrogens (primary N) is 1. The molecule has 1 aromatic rings. The van der Waals surface area contributed by atoms with Crippen LogP contribution < -0.4 is 5.73 Å². The van der Waals surface area contributed by atoms with E-state index in [1.165, 1.54) is 12.8 Å². The molecular weight excluding hydrogens is 230 g/mol. The zero-order valence-corrected chi connectivity index (χ0v) is 8.79. The highest BCUT2D eigenvalue weighted by molar-refractivity contribution is 9.10. The third-order valence-electron chi connectivity index (χ3n) is 2.49. The summed E-state index contributed by atoms with van der Waals surface area (Å²) < 4.78 is 0.909. The van der Waals surface area contributed by atoms with Crippen LogP contribution in [0.5, 0.6) is 5.75 Å². The van der Waals surface area contributed by atoms with Gasteiger partial charge >= 0.3 is 0 Å². The van der Waals surface area contributed by atoms with Crippen molar-refractivity contribution in [2.45, 2.75) is 18.9 Å². The number of phenols is 1. The summed E-state index contributed by atoms with van der Waals surface area (Å²) in [5, 5.41) is 9.63. The molecule has 0 spiro atoms. The van der Waals surface area contributed by atoms with Gasteiger partial charge in [-0.2, -0.15) is 0 Å². The molecule has 0 aromatic heterocycles. The summed E-state index contributed by atoms with van der Waals surface area (Å²) in [6, 6.07) is 5.39. The maximum absolute atomic E-state index is 9.63. The third-order valence-corrected chi connectivity index (χ3v) is 3.18. The quantitative estimate of drug-likeness (QED) is 0.837. The maximum Gasteiger partial charge on any atom is 0.121 e. The summed E-state index contributed by atoms with van der Waals surface area (Å²) in [4.78, 5) is 0. The fourth-order valence-electron chi connectivity index (χ4n) is 1.55. The van der Waals surface area contributed by atoms with E-state index >= 15 is 0 Å². The van der Waals surface area contributed by atoms with Crippen LogP contribution >= 0.6 is 15.9 Å². The zero-order chi connectivity index (χ0) is 9.42. The van der Waals surface area contributed by atoms with Crippen LogP contribution in [-0.2, 0) is 0 Å². The molecule has 1 fully saturated rings. The fraction of sp³-hybridized carbons (Fsp3) is 0.400. The Bertz CT molecular complexity index is 302. The predicted molar refractivity (Wildman–Crippen MR) is 55.5 cm³/mol. The average molecular weight is 242 g/mol. The van der Waals surface area contributed by atoms with Crippen LogP contribution in [0, 0.1) is 5.92 Å². The van der Waals surface area contributed by atoms with Crippen LogP contribution in [-0.4, -0.2) is 5.11 Å². The number of phenolic OH excluding ortho intramolecular Hbond substituents is 1. The second-order valence-electron chi connectivity index (χ2n) is 3.54. The van der Waals surface area contributed by atoms with Crippen molar-refractivity contribution in [1.82, 2.24) is 0 Å². The molecule has 0 amide bonds. The summed E-state index contributed by atoms with van der Waals surface area (Å²) in [6.07, 6.45) is 2.36. The Kier molecular flexibility index (Phi) is 2.30. The fourth-order valence-corrected chi connectivity index (χ4v) is 2.17. The summed E-state index contributed by atoms with van der Waals surface area (Å²) >= 11 is 3.40. The molecule has 1 atom stereocenters. The van der Waals surface area contributed by atoms with Crippen molar-refractivity contribution >= 4 is 15.9 Å². The van der Waals surface area contributed by atoms with E-state index in [2.05, 4.69) is 15.9 Å². The van der Waals surface area contributed by atoms with E-state index in [0.717, 1.165) is 10.0 Å². The van der Waals surface area contributed by atoms with Crippen LogP contribution in [0.25, 0.3) is 0 Å². The zero-order valence-electron chi connectivity index (χ0n) is 7.20. The summed E-state index contributed by atoms with van der Waals surface area (Å²) in [7, 11) is 0. The molecule has 2 rings (SSSR count). The third kappa shape index (κ3) is 1.71. The molecule has 0 saturated heterocycles. The van der Waals surface area contributed by atoms with Gasteiger partial charge in [-0.1, -0.05) is 22.0 Å². The van der Waals surface area contributed by atoms with Crippen molar-refractivity contribution in [3.8, 4) is 5.75 Å². The summed E-state index contributed by atoms with van der Waals surface area (Å²) in [5.41, 5.74) is 6.86. The van der Waals surface area contributed by atoms with Crippen molar-refractivity contribution < 1.29 is 5.11 Å². The van der Waals surface area contributed by atoms with Crippen molar-refractivity contribution in [2.75, 3.05) is 0 Å². The van der Waals surface area contributed by atoms with E-state index in [9.17, 15) is 5.11 Å². The van der Waals surface area contributed by atoms with Crippen molar-refractivity contribution in [2.24, 2.45) is 11.7 Å². The number of hydrogen-bond donors (Lipinski definition) is 2. The Morgan fingerprint density at radius 3 is 2.69 bits per heavy atom. The highest BCUT2D eigenvalue weighted by atomic mass is 79.9. The van der Waals surface area contributed by atoms with Crippen LogP contribution in [0.4, 0.5) is 0 Å². The molecule has 3 heteroatoms. The SMILES string of the molecule is N[C@@H](c1c(O)cccc1Br)C1CC1. The van der Waals surface area contributed by atoms with Gasteiger partial charge < -0.3 is 10.8 Å². The Morgan fingerprint density at radius 1 is 1.46 bits per heavy atom. The van der Waals surface area contributed by atoms with Crippen molar-refractivity contribution in [3.05, 3.63) is 28.2 Å². The molecule has 0 aliphatic heterocycles. The number of aromatic hydroxyl groups is 1. The Morgan fingerprint density at radius 2 is 2.15 bits per heavy atom. The lowest BCUT2D eigenvalue weighted by atomic mass is 10.0. The molecule has 0 unspecified atom stereocenters. The summed E-state index contributed by atoms with van der Waals surface area (Å²) in [6.45, 7) is 0. The van der Waals surface area contributed by atoms with Crippen LogP contribution in [0.1, 0.15) is 24.4 Å². The van der Waals surface area contributed by atoms with Gasteiger partial charge in [-0.05, 0) is 30.9 Å². The van der Waals surface area contributed by atoms with Gasteiger partial charge in [-0.15, -0.1) is 0 Å². The number of rotatable bonds is 2. The predicted octanol–water partition coefficient (Wildman–Crippen LogP) is 2.56. The lowest BCUT2D eigenvalue weighted by Crippen LogP contribution is -2.13. The second kappa shape index (κ2) is 3.31. The van der Waals surface area contributed by atoms with Gasteiger partial charge in [-0.25, -0.2) is 0 Å².